The monoisotopic (exact) mass is 287 g/mol. The maximum atomic E-state index is 12.2. The van der Waals surface area contributed by atoms with Gasteiger partial charge in [-0.15, -0.1) is 0 Å². The van der Waals surface area contributed by atoms with E-state index in [4.69, 9.17) is 10.9 Å². The van der Waals surface area contributed by atoms with Crippen LogP contribution in [0.4, 0.5) is 0 Å². The highest BCUT2D eigenvalue weighted by Crippen LogP contribution is 2.33. The van der Waals surface area contributed by atoms with Gasteiger partial charge in [-0.2, -0.15) is 9.40 Å². The predicted molar refractivity (Wildman–Crippen MR) is 68.1 cm³/mol. The summed E-state index contributed by atoms with van der Waals surface area (Å²) in [6.07, 6.45) is 2.42. The third-order valence-corrected chi connectivity index (χ3v) is 5.47. The first-order valence-corrected chi connectivity index (χ1v) is 7.32. The molecule has 1 aliphatic rings. The highest BCUT2D eigenvalue weighted by Gasteiger charge is 2.38. The number of sulfonamides is 1. The van der Waals surface area contributed by atoms with Crippen molar-refractivity contribution in [2.75, 3.05) is 13.1 Å². The van der Waals surface area contributed by atoms with Crippen molar-refractivity contribution in [3.63, 3.8) is 0 Å². The number of aromatic amines is 1. The van der Waals surface area contributed by atoms with Crippen molar-refractivity contribution >= 4 is 15.9 Å². The van der Waals surface area contributed by atoms with Gasteiger partial charge in [0.15, 0.2) is 5.03 Å². The van der Waals surface area contributed by atoms with Gasteiger partial charge in [0, 0.05) is 18.5 Å². The highest BCUT2D eigenvalue weighted by molar-refractivity contribution is 7.89. The van der Waals surface area contributed by atoms with Crippen LogP contribution in [0, 0.1) is 5.41 Å². The van der Waals surface area contributed by atoms with Crippen LogP contribution in [0.2, 0.25) is 0 Å². The van der Waals surface area contributed by atoms with Crippen molar-refractivity contribution in [1.29, 1.82) is 0 Å². The molecule has 0 saturated carbocycles. The van der Waals surface area contributed by atoms with E-state index in [0.717, 1.165) is 0 Å². The highest BCUT2D eigenvalue weighted by atomic mass is 32.2. The number of rotatable bonds is 3. The Hall–Kier alpha value is -1.61. The first-order valence-electron chi connectivity index (χ1n) is 5.88. The van der Waals surface area contributed by atoms with Crippen LogP contribution >= 0.6 is 0 Å². The van der Waals surface area contributed by atoms with Gasteiger partial charge >= 0.3 is 0 Å². The molecule has 0 atom stereocenters. The summed E-state index contributed by atoms with van der Waals surface area (Å²) in [5.74, 6) is 0.145. The SMILES string of the molecule is CC1(C(N)=NO)CCN(S(=O)(=O)c2ccn[nH]2)CC1. The molecule has 2 heterocycles. The summed E-state index contributed by atoms with van der Waals surface area (Å²) in [5, 5.41) is 18.0. The van der Waals surface area contributed by atoms with Crippen molar-refractivity contribution in [3.05, 3.63) is 12.3 Å². The maximum absolute atomic E-state index is 12.2. The second-order valence-corrected chi connectivity index (χ2v) is 6.78. The molecule has 0 spiro atoms. The summed E-state index contributed by atoms with van der Waals surface area (Å²) in [5.41, 5.74) is 5.18. The molecule has 4 N–H and O–H groups in total. The van der Waals surface area contributed by atoms with E-state index < -0.39 is 15.4 Å². The molecule has 106 valence electrons. The smallest absolute Gasteiger partial charge is 0.259 e. The summed E-state index contributed by atoms with van der Waals surface area (Å²) < 4.78 is 25.9. The summed E-state index contributed by atoms with van der Waals surface area (Å²) in [4.78, 5) is 0. The van der Waals surface area contributed by atoms with Crippen molar-refractivity contribution in [1.82, 2.24) is 14.5 Å². The summed E-state index contributed by atoms with van der Waals surface area (Å²) in [6.45, 7) is 2.52. The van der Waals surface area contributed by atoms with E-state index >= 15 is 0 Å². The number of aromatic nitrogens is 2. The van der Waals surface area contributed by atoms with Crippen LogP contribution in [-0.2, 0) is 10.0 Å². The topological polar surface area (TPSA) is 125 Å². The van der Waals surface area contributed by atoms with Crippen LogP contribution < -0.4 is 5.73 Å². The zero-order valence-electron chi connectivity index (χ0n) is 10.6. The molecule has 1 aliphatic heterocycles. The van der Waals surface area contributed by atoms with Gasteiger partial charge in [0.1, 0.15) is 5.84 Å². The average Bonchev–Trinajstić information content (AvgIpc) is 2.93. The first kappa shape index (κ1) is 13.8. The Morgan fingerprint density at radius 2 is 2.21 bits per heavy atom. The number of nitrogens with one attached hydrogen (secondary N) is 1. The lowest BCUT2D eigenvalue weighted by Crippen LogP contribution is -2.47. The fourth-order valence-corrected chi connectivity index (χ4v) is 3.47. The van der Waals surface area contributed by atoms with E-state index in [1.54, 1.807) is 0 Å². The van der Waals surface area contributed by atoms with Crippen LogP contribution in [0.3, 0.4) is 0 Å². The number of oxime groups is 1. The number of nitrogens with zero attached hydrogens (tertiary/aromatic N) is 3. The second-order valence-electron chi connectivity index (χ2n) is 4.87. The lowest BCUT2D eigenvalue weighted by atomic mass is 9.80. The van der Waals surface area contributed by atoms with Crippen molar-refractivity contribution < 1.29 is 13.6 Å². The lowest BCUT2D eigenvalue weighted by Gasteiger charge is -2.37. The van der Waals surface area contributed by atoms with Crippen molar-refractivity contribution in [3.8, 4) is 0 Å². The molecule has 0 aromatic carbocycles. The molecule has 1 fully saturated rings. The van der Waals surface area contributed by atoms with Gasteiger partial charge in [-0.25, -0.2) is 8.42 Å². The van der Waals surface area contributed by atoms with Gasteiger partial charge in [-0.05, 0) is 18.9 Å². The first-order chi connectivity index (χ1) is 8.90. The van der Waals surface area contributed by atoms with Crippen molar-refractivity contribution in [2.24, 2.45) is 16.3 Å². The standard InChI is InChI=1S/C10H17N5O3S/c1-10(9(11)14-16)3-6-15(7-4-10)19(17,18)8-2-5-12-13-8/h2,5,16H,3-4,6-7H2,1H3,(H2,11,14)(H,12,13). The third kappa shape index (κ3) is 2.43. The minimum absolute atomic E-state index is 0.0832. The largest absolute Gasteiger partial charge is 0.409 e. The Kier molecular flexibility index (Phi) is 3.50. The molecular formula is C10H17N5O3S. The number of hydrogen-bond acceptors (Lipinski definition) is 5. The minimum Gasteiger partial charge on any atom is -0.409 e. The Bertz CT molecular complexity index is 558. The molecule has 0 radical (unpaired) electrons. The normalized spacial score (nSPS) is 21.4. The Morgan fingerprint density at radius 3 is 2.68 bits per heavy atom. The van der Waals surface area contributed by atoms with E-state index in [1.165, 1.54) is 16.6 Å². The number of hydrogen-bond donors (Lipinski definition) is 3. The fourth-order valence-electron chi connectivity index (χ4n) is 2.12. The molecule has 19 heavy (non-hydrogen) atoms. The van der Waals surface area contributed by atoms with E-state index in [-0.39, 0.29) is 10.9 Å². The zero-order valence-corrected chi connectivity index (χ0v) is 11.4. The van der Waals surface area contributed by atoms with Gasteiger partial charge in [0.05, 0.1) is 6.20 Å². The molecule has 2 rings (SSSR count). The number of nitrogens with two attached hydrogens (primary N) is 1. The zero-order chi connectivity index (χ0) is 14.1. The van der Waals surface area contributed by atoms with Crippen LogP contribution in [0.15, 0.2) is 22.4 Å². The van der Waals surface area contributed by atoms with Gasteiger partial charge in [-0.3, -0.25) is 5.10 Å². The molecule has 1 saturated heterocycles. The Balaban J connectivity index is 2.13. The molecule has 0 unspecified atom stereocenters. The Morgan fingerprint density at radius 1 is 1.58 bits per heavy atom. The molecule has 1 aromatic rings. The van der Waals surface area contributed by atoms with Gasteiger partial charge in [0.2, 0.25) is 0 Å². The average molecular weight is 287 g/mol. The molecule has 9 heteroatoms. The minimum atomic E-state index is -3.53. The molecule has 8 nitrogen and oxygen atoms in total. The molecule has 0 amide bonds. The fraction of sp³-hybridized carbons (Fsp3) is 0.600. The molecular weight excluding hydrogens is 270 g/mol. The predicted octanol–water partition coefficient (Wildman–Crippen LogP) is -0.0531. The van der Waals surface area contributed by atoms with Crippen molar-refractivity contribution in [2.45, 2.75) is 24.8 Å². The molecule has 1 aromatic heterocycles. The Labute approximate surface area is 111 Å². The number of H-pyrrole nitrogens is 1. The molecule has 0 bridgehead atoms. The quantitative estimate of drug-likeness (QED) is 0.311. The van der Waals surface area contributed by atoms with Crippen LogP contribution in [0.5, 0.6) is 0 Å². The number of piperidine rings is 1. The number of amidine groups is 1. The van der Waals surface area contributed by atoms with E-state index in [0.29, 0.717) is 25.9 Å². The van der Waals surface area contributed by atoms with Gasteiger partial charge in [0.25, 0.3) is 10.0 Å². The van der Waals surface area contributed by atoms with Crippen LogP contribution in [0.1, 0.15) is 19.8 Å². The van der Waals surface area contributed by atoms with Crippen LogP contribution in [-0.4, -0.2) is 47.1 Å². The van der Waals surface area contributed by atoms with E-state index in [1.807, 2.05) is 6.92 Å². The summed E-state index contributed by atoms with van der Waals surface area (Å²) in [7, 11) is -3.53. The van der Waals surface area contributed by atoms with E-state index in [9.17, 15) is 8.42 Å². The van der Waals surface area contributed by atoms with Crippen LogP contribution in [0.25, 0.3) is 0 Å². The molecule has 0 aliphatic carbocycles. The summed E-state index contributed by atoms with van der Waals surface area (Å²) in [6, 6.07) is 1.42. The maximum Gasteiger partial charge on any atom is 0.259 e. The lowest BCUT2D eigenvalue weighted by molar-refractivity contribution is 0.229. The van der Waals surface area contributed by atoms with Gasteiger partial charge in [-0.1, -0.05) is 12.1 Å². The second kappa shape index (κ2) is 4.82. The van der Waals surface area contributed by atoms with Gasteiger partial charge < -0.3 is 10.9 Å². The third-order valence-electron chi connectivity index (χ3n) is 3.65. The van der Waals surface area contributed by atoms with E-state index in [2.05, 4.69) is 15.4 Å². The summed E-state index contributed by atoms with van der Waals surface area (Å²) >= 11 is 0.